The fourth-order valence-electron chi connectivity index (χ4n) is 2.37. The standard InChI is InChI=1S/C13H20N2O/c1-4-16-10-5-6-13-11(7-10)12(9(2)14)8-15(13)3/h5-7,9,12H,4,8,14H2,1-3H3. The Morgan fingerprint density at radius 2 is 2.31 bits per heavy atom. The highest BCUT2D eigenvalue weighted by Crippen LogP contribution is 2.38. The Bertz CT molecular complexity index is 376. The first-order chi connectivity index (χ1) is 7.63. The third kappa shape index (κ3) is 1.87. The number of likely N-dealkylation sites (N-methyl/N-ethyl adjacent to an activating group) is 1. The van der Waals surface area contributed by atoms with Crippen molar-refractivity contribution in [3.8, 4) is 5.75 Å². The Morgan fingerprint density at radius 3 is 2.94 bits per heavy atom. The van der Waals surface area contributed by atoms with E-state index in [2.05, 4.69) is 31.0 Å². The SMILES string of the molecule is CCOc1ccc2c(c1)C(C(C)N)CN2C. The molecule has 2 N–H and O–H groups in total. The van der Waals surface area contributed by atoms with Crippen molar-refractivity contribution in [2.75, 3.05) is 25.1 Å². The van der Waals surface area contributed by atoms with Gasteiger partial charge >= 0.3 is 0 Å². The summed E-state index contributed by atoms with van der Waals surface area (Å²) in [6.07, 6.45) is 0. The van der Waals surface area contributed by atoms with Gasteiger partial charge in [0, 0.05) is 31.2 Å². The van der Waals surface area contributed by atoms with Gasteiger partial charge in [0.25, 0.3) is 0 Å². The van der Waals surface area contributed by atoms with Gasteiger partial charge < -0.3 is 15.4 Å². The number of anilines is 1. The van der Waals surface area contributed by atoms with E-state index < -0.39 is 0 Å². The number of nitrogens with zero attached hydrogens (tertiary/aromatic N) is 1. The van der Waals surface area contributed by atoms with E-state index in [0.29, 0.717) is 12.5 Å². The molecule has 1 aromatic rings. The van der Waals surface area contributed by atoms with E-state index in [1.54, 1.807) is 0 Å². The average Bonchev–Trinajstić information content (AvgIpc) is 2.57. The predicted molar refractivity (Wildman–Crippen MR) is 67.3 cm³/mol. The average molecular weight is 220 g/mol. The molecular weight excluding hydrogens is 200 g/mol. The molecule has 0 aliphatic carbocycles. The minimum absolute atomic E-state index is 0.181. The van der Waals surface area contributed by atoms with Crippen molar-refractivity contribution in [1.29, 1.82) is 0 Å². The number of ether oxygens (including phenoxy) is 1. The second-order valence-electron chi connectivity index (χ2n) is 4.50. The third-order valence-corrected chi connectivity index (χ3v) is 3.23. The van der Waals surface area contributed by atoms with E-state index in [-0.39, 0.29) is 6.04 Å². The number of rotatable bonds is 3. The molecule has 1 aliphatic heterocycles. The summed E-state index contributed by atoms with van der Waals surface area (Å²) in [5.74, 6) is 1.36. The predicted octanol–water partition coefficient (Wildman–Crippen LogP) is 1.97. The van der Waals surface area contributed by atoms with E-state index >= 15 is 0 Å². The fourth-order valence-corrected chi connectivity index (χ4v) is 2.37. The van der Waals surface area contributed by atoms with Crippen molar-refractivity contribution >= 4 is 5.69 Å². The van der Waals surface area contributed by atoms with Crippen LogP contribution in [-0.4, -0.2) is 26.2 Å². The Morgan fingerprint density at radius 1 is 1.56 bits per heavy atom. The van der Waals surface area contributed by atoms with Gasteiger partial charge in [0.2, 0.25) is 0 Å². The molecule has 0 saturated carbocycles. The zero-order valence-electron chi connectivity index (χ0n) is 10.2. The minimum Gasteiger partial charge on any atom is -0.494 e. The number of nitrogens with two attached hydrogens (primary N) is 1. The van der Waals surface area contributed by atoms with Gasteiger partial charge in [-0.05, 0) is 37.6 Å². The lowest BCUT2D eigenvalue weighted by Crippen LogP contribution is -2.28. The zero-order valence-corrected chi connectivity index (χ0v) is 10.2. The molecule has 1 heterocycles. The zero-order chi connectivity index (χ0) is 11.7. The molecule has 2 rings (SSSR count). The van der Waals surface area contributed by atoms with Crippen LogP contribution in [0, 0.1) is 0 Å². The molecule has 0 radical (unpaired) electrons. The maximum absolute atomic E-state index is 6.03. The van der Waals surface area contributed by atoms with Crippen molar-refractivity contribution in [3.05, 3.63) is 23.8 Å². The molecule has 0 aromatic heterocycles. The van der Waals surface area contributed by atoms with Gasteiger partial charge in [0.15, 0.2) is 0 Å². The molecule has 3 heteroatoms. The van der Waals surface area contributed by atoms with Gasteiger partial charge in [0.05, 0.1) is 6.61 Å². The molecular formula is C13H20N2O. The Kier molecular flexibility index (Phi) is 3.06. The largest absolute Gasteiger partial charge is 0.494 e. The summed E-state index contributed by atoms with van der Waals surface area (Å²) in [5, 5.41) is 0. The highest BCUT2D eigenvalue weighted by molar-refractivity contribution is 5.62. The van der Waals surface area contributed by atoms with Crippen LogP contribution in [0.2, 0.25) is 0 Å². The van der Waals surface area contributed by atoms with Crippen LogP contribution in [0.4, 0.5) is 5.69 Å². The van der Waals surface area contributed by atoms with E-state index in [1.165, 1.54) is 11.3 Å². The molecule has 0 bridgehead atoms. The minimum atomic E-state index is 0.181. The van der Waals surface area contributed by atoms with Crippen LogP contribution >= 0.6 is 0 Å². The highest BCUT2D eigenvalue weighted by atomic mass is 16.5. The van der Waals surface area contributed by atoms with Crippen LogP contribution in [0.5, 0.6) is 5.75 Å². The molecule has 1 aliphatic rings. The van der Waals surface area contributed by atoms with Crippen molar-refractivity contribution in [2.24, 2.45) is 5.73 Å². The van der Waals surface area contributed by atoms with Crippen molar-refractivity contribution < 1.29 is 4.74 Å². The summed E-state index contributed by atoms with van der Waals surface area (Å²) in [5.41, 5.74) is 8.64. The van der Waals surface area contributed by atoms with Crippen molar-refractivity contribution in [3.63, 3.8) is 0 Å². The summed E-state index contributed by atoms with van der Waals surface area (Å²) >= 11 is 0. The molecule has 0 spiro atoms. The van der Waals surface area contributed by atoms with E-state index in [1.807, 2.05) is 13.0 Å². The lowest BCUT2D eigenvalue weighted by molar-refractivity contribution is 0.340. The third-order valence-electron chi connectivity index (χ3n) is 3.23. The topological polar surface area (TPSA) is 38.5 Å². The van der Waals surface area contributed by atoms with E-state index in [9.17, 15) is 0 Å². The smallest absolute Gasteiger partial charge is 0.119 e. The van der Waals surface area contributed by atoms with Gasteiger partial charge in [-0.25, -0.2) is 0 Å². The summed E-state index contributed by atoms with van der Waals surface area (Å²) in [7, 11) is 2.11. The number of hydrogen-bond donors (Lipinski definition) is 1. The highest BCUT2D eigenvalue weighted by Gasteiger charge is 2.29. The maximum atomic E-state index is 6.03. The quantitative estimate of drug-likeness (QED) is 0.846. The number of benzene rings is 1. The molecule has 2 atom stereocenters. The summed E-state index contributed by atoms with van der Waals surface area (Å²) in [4.78, 5) is 2.26. The summed E-state index contributed by atoms with van der Waals surface area (Å²) < 4.78 is 5.54. The summed E-state index contributed by atoms with van der Waals surface area (Å²) in [6.45, 7) is 5.78. The van der Waals surface area contributed by atoms with Gasteiger partial charge in [0.1, 0.15) is 5.75 Å². The van der Waals surface area contributed by atoms with Crippen LogP contribution in [0.15, 0.2) is 18.2 Å². The first-order valence-corrected chi connectivity index (χ1v) is 5.87. The van der Waals surface area contributed by atoms with Crippen LogP contribution in [0.25, 0.3) is 0 Å². The number of hydrogen-bond acceptors (Lipinski definition) is 3. The van der Waals surface area contributed by atoms with E-state index in [0.717, 1.165) is 12.3 Å². The lowest BCUT2D eigenvalue weighted by Gasteiger charge is -2.15. The van der Waals surface area contributed by atoms with Gasteiger partial charge in [-0.2, -0.15) is 0 Å². The first kappa shape index (κ1) is 11.3. The normalized spacial score (nSPS) is 20.8. The molecule has 0 amide bonds. The van der Waals surface area contributed by atoms with Crippen molar-refractivity contribution in [2.45, 2.75) is 25.8 Å². The van der Waals surface area contributed by atoms with Gasteiger partial charge in [-0.1, -0.05) is 0 Å². The Balaban J connectivity index is 2.35. The molecule has 0 saturated heterocycles. The van der Waals surface area contributed by atoms with Crippen LogP contribution < -0.4 is 15.4 Å². The van der Waals surface area contributed by atoms with Crippen molar-refractivity contribution in [1.82, 2.24) is 0 Å². The fraction of sp³-hybridized carbons (Fsp3) is 0.538. The molecule has 16 heavy (non-hydrogen) atoms. The van der Waals surface area contributed by atoms with Gasteiger partial charge in [-0.15, -0.1) is 0 Å². The molecule has 1 aromatic carbocycles. The van der Waals surface area contributed by atoms with Crippen LogP contribution in [-0.2, 0) is 0 Å². The lowest BCUT2D eigenvalue weighted by atomic mass is 9.95. The van der Waals surface area contributed by atoms with Gasteiger partial charge in [-0.3, -0.25) is 0 Å². The molecule has 2 unspecified atom stereocenters. The summed E-state index contributed by atoms with van der Waals surface area (Å²) in [6, 6.07) is 6.47. The second kappa shape index (κ2) is 4.34. The monoisotopic (exact) mass is 220 g/mol. The van der Waals surface area contributed by atoms with Crippen LogP contribution in [0.1, 0.15) is 25.3 Å². The molecule has 0 fully saturated rings. The second-order valence-corrected chi connectivity index (χ2v) is 4.50. The Hall–Kier alpha value is -1.22. The first-order valence-electron chi connectivity index (χ1n) is 5.87. The Labute approximate surface area is 97.2 Å². The number of fused-ring (bicyclic) bond motifs is 1. The van der Waals surface area contributed by atoms with Crippen LogP contribution in [0.3, 0.4) is 0 Å². The van der Waals surface area contributed by atoms with E-state index in [4.69, 9.17) is 10.5 Å². The molecule has 3 nitrogen and oxygen atoms in total. The molecule has 88 valence electrons. The maximum Gasteiger partial charge on any atom is 0.119 e.